The van der Waals surface area contributed by atoms with Crippen LogP contribution >= 0.6 is 0 Å². The molecule has 2 aromatic rings. The molecule has 0 unspecified atom stereocenters. The summed E-state index contributed by atoms with van der Waals surface area (Å²) in [5.74, 6) is -0.776. The summed E-state index contributed by atoms with van der Waals surface area (Å²) in [6.45, 7) is 1.89. The molecule has 0 aliphatic heterocycles. The van der Waals surface area contributed by atoms with Gasteiger partial charge in [-0.2, -0.15) is 0 Å². The van der Waals surface area contributed by atoms with Gasteiger partial charge in [0.2, 0.25) is 5.75 Å². The predicted molar refractivity (Wildman–Crippen MR) is 72.3 cm³/mol. The molecular formula is C15H12O6. The van der Waals surface area contributed by atoms with Gasteiger partial charge in [-0.3, -0.25) is 4.89 Å². The fourth-order valence-electron chi connectivity index (χ4n) is 1.52. The molecule has 2 aromatic carbocycles. The van der Waals surface area contributed by atoms with Crippen LogP contribution in [-0.2, 0) is 4.89 Å². The minimum Gasteiger partial charge on any atom is -0.449 e. The summed E-state index contributed by atoms with van der Waals surface area (Å²) in [5, 5.41) is 8.59. The second-order valence-corrected chi connectivity index (χ2v) is 4.13. The Kier molecular flexibility index (Phi) is 4.40. The first-order valence-electron chi connectivity index (χ1n) is 6.01. The molecule has 0 aliphatic carbocycles. The number of hydrogen-bond acceptors (Lipinski definition) is 5. The molecule has 0 aromatic heterocycles. The van der Waals surface area contributed by atoms with Gasteiger partial charge in [0, 0.05) is 0 Å². The van der Waals surface area contributed by atoms with Crippen LogP contribution in [0.2, 0.25) is 0 Å². The van der Waals surface area contributed by atoms with Crippen LogP contribution in [0.5, 0.6) is 11.5 Å². The lowest BCUT2D eigenvalue weighted by Crippen LogP contribution is -2.10. The number of carbonyl (C=O) groups excluding carboxylic acids is 1. The van der Waals surface area contributed by atoms with Crippen LogP contribution in [-0.4, -0.2) is 17.2 Å². The molecule has 0 amide bonds. The van der Waals surface area contributed by atoms with E-state index in [-0.39, 0.29) is 11.5 Å². The number of para-hydroxylation sites is 2. The number of hydrogen-bond donors (Lipinski definition) is 1. The molecule has 6 heteroatoms. The molecule has 0 aliphatic rings. The molecule has 2 rings (SSSR count). The summed E-state index contributed by atoms with van der Waals surface area (Å²) in [6.07, 6.45) is -1.49. The van der Waals surface area contributed by atoms with Gasteiger partial charge in [0.15, 0.2) is 5.75 Å². The van der Waals surface area contributed by atoms with Gasteiger partial charge in [-0.05, 0) is 31.2 Å². The van der Waals surface area contributed by atoms with Crippen molar-refractivity contribution in [1.29, 1.82) is 0 Å². The van der Waals surface area contributed by atoms with Gasteiger partial charge in [0.05, 0.1) is 5.56 Å². The average molecular weight is 288 g/mol. The number of carbonyl (C=O) groups is 2. The number of benzene rings is 2. The smallest absolute Gasteiger partial charge is 0.449 e. The fraction of sp³-hybridized carbons (Fsp3) is 0.0667. The van der Waals surface area contributed by atoms with Crippen molar-refractivity contribution in [3.63, 3.8) is 0 Å². The zero-order chi connectivity index (χ0) is 15.2. The van der Waals surface area contributed by atoms with E-state index in [1.54, 1.807) is 36.4 Å². The lowest BCUT2D eigenvalue weighted by Gasteiger charge is -2.08. The molecule has 0 fully saturated rings. The van der Waals surface area contributed by atoms with Gasteiger partial charge in [0.1, 0.15) is 0 Å². The molecule has 6 nitrogen and oxygen atoms in total. The summed E-state index contributed by atoms with van der Waals surface area (Å²) >= 11 is 0. The number of ether oxygens (including phenoxy) is 1. The Balaban J connectivity index is 2.04. The third-order valence-electron chi connectivity index (χ3n) is 2.54. The number of carboxylic acid groups (broad SMARTS) is 1. The second kappa shape index (κ2) is 6.42. The van der Waals surface area contributed by atoms with Crippen LogP contribution in [0.15, 0.2) is 48.5 Å². The van der Waals surface area contributed by atoms with E-state index in [0.29, 0.717) is 5.56 Å². The Morgan fingerprint density at radius 2 is 1.57 bits per heavy atom. The Bertz CT molecular complexity index is 647. The van der Waals surface area contributed by atoms with Crippen molar-refractivity contribution in [2.24, 2.45) is 0 Å². The van der Waals surface area contributed by atoms with Crippen LogP contribution in [0.3, 0.4) is 0 Å². The van der Waals surface area contributed by atoms with E-state index in [1.165, 1.54) is 12.1 Å². The lowest BCUT2D eigenvalue weighted by atomic mass is 10.2. The third-order valence-corrected chi connectivity index (χ3v) is 2.54. The SMILES string of the molecule is Cc1ccc(C(=O)OOc2ccccc2OC(=O)O)cc1. The van der Waals surface area contributed by atoms with E-state index < -0.39 is 12.1 Å². The van der Waals surface area contributed by atoms with Crippen molar-refractivity contribution >= 4 is 12.1 Å². The molecule has 0 heterocycles. The van der Waals surface area contributed by atoms with Gasteiger partial charge >= 0.3 is 12.1 Å². The Labute approximate surface area is 120 Å². The highest BCUT2D eigenvalue weighted by molar-refractivity contribution is 5.89. The van der Waals surface area contributed by atoms with Gasteiger partial charge in [-0.1, -0.05) is 29.8 Å². The zero-order valence-electron chi connectivity index (χ0n) is 11.1. The molecule has 0 bridgehead atoms. The largest absolute Gasteiger partial charge is 0.511 e. The minimum atomic E-state index is -1.49. The van der Waals surface area contributed by atoms with E-state index >= 15 is 0 Å². The Morgan fingerprint density at radius 1 is 0.952 bits per heavy atom. The highest BCUT2D eigenvalue weighted by Crippen LogP contribution is 2.26. The molecular weight excluding hydrogens is 276 g/mol. The molecule has 1 N–H and O–H groups in total. The average Bonchev–Trinajstić information content (AvgIpc) is 2.46. The fourth-order valence-corrected chi connectivity index (χ4v) is 1.52. The summed E-state index contributed by atoms with van der Waals surface area (Å²) < 4.78 is 4.50. The summed E-state index contributed by atoms with van der Waals surface area (Å²) in [6, 6.07) is 12.7. The van der Waals surface area contributed by atoms with Crippen LogP contribution in [0.25, 0.3) is 0 Å². The van der Waals surface area contributed by atoms with Crippen LogP contribution in [0.4, 0.5) is 4.79 Å². The molecule has 0 saturated carbocycles. The van der Waals surface area contributed by atoms with E-state index in [1.807, 2.05) is 6.92 Å². The highest BCUT2D eigenvalue weighted by Gasteiger charge is 2.13. The van der Waals surface area contributed by atoms with Gasteiger partial charge in [-0.15, -0.1) is 0 Å². The number of aryl methyl sites for hydroxylation is 1. The number of rotatable bonds is 4. The Hall–Kier alpha value is -3.02. The van der Waals surface area contributed by atoms with E-state index in [4.69, 9.17) is 9.99 Å². The molecule has 21 heavy (non-hydrogen) atoms. The maximum Gasteiger partial charge on any atom is 0.511 e. The monoisotopic (exact) mass is 288 g/mol. The third kappa shape index (κ3) is 3.97. The first kappa shape index (κ1) is 14.4. The van der Waals surface area contributed by atoms with Crippen molar-refractivity contribution in [2.45, 2.75) is 6.92 Å². The second-order valence-electron chi connectivity index (χ2n) is 4.13. The maximum absolute atomic E-state index is 11.8. The molecule has 108 valence electrons. The highest BCUT2D eigenvalue weighted by atomic mass is 17.2. The van der Waals surface area contributed by atoms with Gasteiger partial charge in [-0.25, -0.2) is 14.5 Å². The van der Waals surface area contributed by atoms with E-state index in [0.717, 1.165) is 5.56 Å². The summed E-state index contributed by atoms with van der Waals surface area (Å²) in [5.41, 5.74) is 1.32. The van der Waals surface area contributed by atoms with Crippen molar-refractivity contribution in [1.82, 2.24) is 0 Å². The van der Waals surface area contributed by atoms with Crippen molar-refractivity contribution < 1.29 is 29.2 Å². The van der Waals surface area contributed by atoms with Crippen LogP contribution in [0, 0.1) is 6.92 Å². The Morgan fingerprint density at radius 3 is 2.19 bits per heavy atom. The topological polar surface area (TPSA) is 82.1 Å². The first-order valence-corrected chi connectivity index (χ1v) is 6.01. The minimum absolute atomic E-state index is 0.0136. The van der Waals surface area contributed by atoms with Crippen molar-refractivity contribution in [3.05, 3.63) is 59.7 Å². The van der Waals surface area contributed by atoms with Crippen molar-refractivity contribution in [2.75, 3.05) is 0 Å². The summed E-state index contributed by atoms with van der Waals surface area (Å²) in [7, 11) is 0. The normalized spacial score (nSPS) is 9.76. The zero-order valence-corrected chi connectivity index (χ0v) is 11.1. The molecule has 0 spiro atoms. The van der Waals surface area contributed by atoms with Crippen LogP contribution < -0.4 is 9.62 Å². The van der Waals surface area contributed by atoms with Gasteiger partial charge in [0.25, 0.3) is 0 Å². The molecule has 0 saturated heterocycles. The maximum atomic E-state index is 11.8. The quantitative estimate of drug-likeness (QED) is 0.402. The van der Waals surface area contributed by atoms with E-state index in [9.17, 15) is 9.59 Å². The predicted octanol–water partition coefficient (Wildman–Crippen LogP) is 3.20. The molecule has 0 atom stereocenters. The van der Waals surface area contributed by atoms with Crippen LogP contribution in [0.1, 0.15) is 15.9 Å². The first-order chi connectivity index (χ1) is 10.1. The van der Waals surface area contributed by atoms with Gasteiger partial charge < -0.3 is 9.84 Å². The standard InChI is InChI=1S/C15H12O6/c1-10-6-8-11(9-7-10)14(16)21-20-13-5-3-2-4-12(13)19-15(17)18/h2-9H,1H3,(H,17,18). The lowest BCUT2D eigenvalue weighted by molar-refractivity contribution is -0.150. The van der Waals surface area contributed by atoms with E-state index in [2.05, 4.69) is 9.62 Å². The van der Waals surface area contributed by atoms with Crippen molar-refractivity contribution in [3.8, 4) is 11.5 Å². The summed E-state index contributed by atoms with van der Waals surface area (Å²) in [4.78, 5) is 31.8. The molecule has 0 radical (unpaired) electrons.